The first-order chi connectivity index (χ1) is 10.0. The van der Waals surface area contributed by atoms with Crippen molar-refractivity contribution in [3.05, 3.63) is 28.2 Å². The zero-order valence-electron chi connectivity index (χ0n) is 12.4. The lowest BCUT2D eigenvalue weighted by molar-refractivity contribution is 0.261. The molecule has 1 saturated carbocycles. The molecule has 1 aliphatic rings. The fraction of sp³-hybridized carbons (Fsp3) is 0.600. The minimum atomic E-state index is -3.48. The van der Waals surface area contributed by atoms with Crippen molar-refractivity contribution in [1.29, 1.82) is 0 Å². The van der Waals surface area contributed by atoms with Gasteiger partial charge in [-0.3, -0.25) is 0 Å². The van der Waals surface area contributed by atoms with Crippen LogP contribution in [0.3, 0.4) is 0 Å². The molecule has 118 valence electrons. The monoisotopic (exact) mass is 374 g/mol. The standard InChI is InChI=1S/C15H23BrN2O2S/c1-2-18(13-6-4-3-5-7-13)21(19,20)15-10-12(11-17)8-9-14(15)16/h8-10,13H,2-7,11,17H2,1H3. The van der Waals surface area contributed by atoms with E-state index in [2.05, 4.69) is 15.9 Å². The zero-order valence-corrected chi connectivity index (χ0v) is 14.8. The van der Waals surface area contributed by atoms with Crippen molar-refractivity contribution in [2.24, 2.45) is 5.73 Å². The van der Waals surface area contributed by atoms with Crippen molar-refractivity contribution in [1.82, 2.24) is 4.31 Å². The number of hydrogen-bond donors (Lipinski definition) is 1. The molecular formula is C15H23BrN2O2S. The Morgan fingerprint density at radius 2 is 1.95 bits per heavy atom. The minimum absolute atomic E-state index is 0.127. The molecule has 0 bridgehead atoms. The first kappa shape index (κ1) is 16.9. The van der Waals surface area contributed by atoms with Crippen molar-refractivity contribution < 1.29 is 8.42 Å². The third-order valence-corrected chi connectivity index (χ3v) is 7.13. The van der Waals surface area contributed by atoms with E-state index in [0.29, 0.717) is 22.5 Å². The van der Waals surface area contributed by atoms with Crippen LogP contribution in [0.25, 0.3) is 0 Å². The van der Waals surface area contributed by atoms with Crippen LogP contribution in [0.15, 0.2) is 27.6 Å². The van der Waals surface area contributed by atoms with Gasteiger partial charge in [0.2, 0.25) is 10.0 Å². The van der Waals surface area contributed by atoms with Crippen molar-refractivity contribution >= 4 is 26.0 Å². The lowest BCUT2D eigenvalue weighted by Gasteiger charge is -2.32. The first-order valence-electron chi connectivity index (χ1n) is 7.51. The molecule has 0 spiro atoms. The Bertz CT molecular complexity index is 583. The van der Waals surface area contributed by atoms with Crippen LogP contribution in [-0.4, -0.2) is 25.3 Å². The summed E-state index contributed by atoms with van der Waals surface area (Å²) < 4.78 is 28.3. The Hall–Kier alpha value is -0.430. The highest BCUT2D eigenvalue weighted by Gasteiger charge is 2.32. The molecule has 1 aromatic carbocycles. The quantitative estimate of drug-likeness (QED) is 0.859. The van der Waals surface area contributed by atoms with E-state index in [1.807, 2.05) is 13.0 Å². The van der Waals surface area contributed by atoms with Crippen LogP contribution in [0, 0.1) is 0 Å². The van der Waals surface area contributed by atoms with Crippen LogP contribution in [-0.2, 0) is 16.6 Å². The normalized spacial score (nSPS) is 17.3. The van der Waals surface area contributed by atoms with Gasteiger partial charge >= 0.3 is 0 Å². The third kappa shape index (κ3) is 3.67. The molecule has 21 heavy (non-hydrogen) atoms. The summed E-state index contributed by atoms with van der Waals surface area (Å²) in [5.41, 5.74) is 6.47. The van der Waals surface area contributed by atoms with E-state index in [9.17, 15) is 8.42 Å². The van der Waals surface area contributed by atoms with Gasteiger partial charge in [-0.05, 0) is 46.5 Å². The number of nitrogens with two attached hydrogens (primary N) is 1. The van der Waals surface area contributed by atoms with Gasteiger partial charge in [-0.15, -0.1) is 0 Å². The molecule has 0 amide bonds. The van der Waals surface area contributed by atoms with Crippen LogP contribution in [0.4, 0.5) is 0 Å². The van der Waals surface area contributed by atoms with Gasteiger partial charge < -0.3 is 5.73 Å². The van der Waals surface area contributed by atoms with Gasteiger partial charge in [0.1, 0.15) is 0 Å². The summed E-state index contributed by atoms with van der Waals surface area (Å²) in [5.74, 6) is 0. The maximum absolute atomic E-state index is 13.0. The average Bonchev–Trinajstić information content (AvgIpc) is 2.49. The predicted octanol–water partition coefficient (Wildman–Crippen LogP) is 3.25. The Morgan fingerprint density at radius 3 is 2.52 bits per heavy atom. The van der Waals surface area contributed by atoms with E-state index in [0.717, 1.165) is 31.2 Å². The fourth-order valence-corrected chi connectivity index (χ4v) is 5.66. The molecule has 0 atom stereocenters. The topological polar surface area (TPSA) is 63.4 Å². The van der Waals surface area contributed by atoms with Crippen LogP contribution in [0.1, 0.15) is 44.6 Å². The fourth-order valence-electron chi connectivity index (χ4n) is 2.99. The summed E-state index contributed by atoms with van der Waals surface area (Å²) >= 11 is 3.37. The van der Waals surface area contributed by atoms with E-state index in [1.165, 1.54) is 6.42 Å². The summed E-state index contributed by atoms with van der Waals surface area (Å²) in [6.45, 7) is 2.75. The second-order valence-corrected chi connectivity index (χ2v) is 8.18. The van der Waals surface area contributed by atoms with Crippen molar-refractivity contribution in [3.63, 3.8) is 0 Å². The summed E-state index contributed by atoms with van der Waals surface area (Å²) in [6, 6.07) is 5.43. The Kier molecular flexibility index (Phi) is 5.82. The third-order valence-electron chi connectivity index (χ3n) is 4.11. The molecule has 1 aromatic rings. The van der Waals surface area contributed by atoms with E-state index in [-0.39, 0.29) is 6.04 Å². The maximum atomic E-state index is 13.0. The number of rotatable bonds is 5. The second-order valence-electron chi connectivity index (χ2n) is 5.47. The number of hydrogen-bond acceptors (Lipinski definition) is 3. The molecule has 2 N–H and O–H groups in total. The second kappa shape index (κ2) is 7.22. The Balaban J connectivity index is 2.38. The summed E-state index contributed by atoms with van der Waals surface area (Å²) in [7, 11) is -3.48. The van der Waals surface area contributed by atoms with Crippen LogP contribution in [0.5, 0.6) is 0 Å². The maximum Gasteiger partial charge on any atom is 0.244 e. The van der Waals surface area contributed by atoms with Crippen LogP contribution in [0.2, 0.25) is 0 Å². The van der Waals surface area contributed by atoms with Gasteiger partial charge in [-0.25, -0.2) is 8.42 Å². The molecule has 1 fully saturated rings. The molecule has 0 aromatic heterocycles. The minimum Gasteiger partial charge on any atom is -0.326 e. The SMILES string of the molecule is CCN(C1CCCCC1)S(=O)(=O)c1cc(CN)ccc1Br. The number of nitrogens with zero attached hydrogens (tertiary/aromatic N) is 1. The van der Waals surface area contributed by atoms with Crippen molar-refractivity contribution in [3.8, 4) is 0 Å². The molecular weight excluding hydrogens is 352 g/mol. The summed E-state index contributed by atoms with van der Waals surface area (Å²) in [6.07, 6.45) is 5.35. The highest BCUT2D eigenvalue weighted by atomic mass is 79.9. The van der Waals surface area contributed by atoms with Gasteiger partial charge in [0.05, 0.1) is 4.90 Å². The Labute approximate surface area is 135 Å². The average molecular weight is 375 g/mol. The van der Waals surface area contributed by atoms with E-state index < -0.39 is 10.0 Å². The first-order valence-corrected chi connectivity index (χ1v) is 9.74. The summed E-state index contributed by atoms with van der Waals surface area (Å²) in [4.78, 5) is 0.331. The van der Waals surface area contributed by atoms with E-state index >= 15 is 0 Å². The number of benzene rings is 1. The van der Waals surface area contributed by atoms with Gasteiger partial charge in [0, 0.05) is 23.6 Å². The predicted molar refractivity (Wildman–Crippen MR) is 88.5 cm³/mol. The van der Waals surface area contributed by atoms with E-state index in [4.69, 9.17) is 5.73 Å². The van der Waals surface area contributed by atoms with Crippen LogP contribution < -0.4 is 5.73 Å². The molecule has 0 saturated heterocycles. The van der Waals surface area contributed by atoms with E-state index in [1.54, 1.807) is 16.4 Å². The Morgan fingerprint density at radius 1 is 1.29 bits per heavy atom. The molecule has 1 aliphatic carbocycles. The molecule has 6 heteroatoms. The van der Waals surface area contributed by atoms with Gasteiger partial charge in [0.15, 0.2) is 0 Å². The largest absolute Gasteiger partial charge is 0.326 e. The number of halogens is 1. The van der Waals surface area contributed by atoms with Crippen LogP contribution >= 0.6 is 15.9 Å². The van der Waals surface area contributed by atoms with Crippen molar-refractivity contribution in [2.75, 3.05) is 6.54 Å². The van der Waals surface area contributed by atoms with Gasteiger partial charge in [-0.2, -0.15) is 4.31 Å². The molecule has 0 unspecified atom stereocenters. The molecule has 4 nitrogen and oxygen atoms in total. The summed E-state index contributed by atoms with van der Waals surface area (Å²) in [5, 5.41) is 0. The highest BCUT2D eigenvalue weighted by molar-refractivity contribution is 9.10. The molecule has 0 heterocycles. The van der Waals surface area contributed by atoms with Gasteiger partial charge in [0.25, 0.3) is 0 Å². The van der Waals surface area contributed by atoms with Gasteiger partial charge in [-0.1, -0.05) is 32.3 Å². The lowest BCUT2D eigenvalue weighted by atomic mass is 9.95. The molecule has 2 rings (SSSR count). The lowest BCUT2D eigenvalue weighted by Crippen LogP contribution is -2.41. The number of sulfonamides is 1. The molecule has 0 radical (unpaired) electrons. The highest BCUT2D eigenvalue weighted by Crippen LogP contribution is 2.31. The zero-order chi connectivity index (χ0) is 15.5. The molecule has 0 aliphatic heterocycles. The smallest absolute Gasteiger partial charge is 0.244 e. The van der Waals surface area contributed by atoms with Crippen molar-refractivity contribution in [2.45, 2.75) is 56.5 Å².